The van der Waals surface area contributed by atoms with Gasteiger partial charge < -0.3 is 15.8 Å². The molecular weight excluding hydrogens is 216 g/mol. The topological polar surface area (TPSA) is 64.3 Å². The molecule has 0 bridgehead atoms. The van der Waals surface area contributed by atoms with Crippen LogP contribution < -0.4 is 15.8 Å². The third-order valence-corrected chi connectivity index (χ3v) is 2.40. The lowest BCUT2D eigenvalue weighted by Gasteiger charge is -2.13. The summed E-state index contributed by atoms with van der Waals surface area (Å²) in [5.74, 6) is 0.693. The average Bonchev–Trinajstić information content (AvgIpc) is 2.29. The summed E-state index contributed by atoms with van der Waals surface area (Å²) in [6, 6.07) is 7.39. The quantitative estimate of drug-likeness (QED) is 0.795. The van der Waals surface area contributed by atoms with Gasteiger partial charge in [0.1, 0.15) is 5.75 Å². The number of ether oxygens (including phenoxy) is 1. The maximum atomic E-state index is 11.4. The van der Waals surface area contributed by atoms with Gasteiger partial charge in [-0.05, 0) is 25.5 Å². The predicted molar refractivity (Wildman–Crippen MR) is 69.1 cm³/mol. The lowest BCUT2D eigenvalue weighted by atomic mass is 10.2. The Kier molecular flexibility index (Phi) is 5.49. The Hall–Kier alpha value is -1.55. The second-order valence-corrected chi connectivity index (χ2v) is 3.95. The molecule has 1 unspecified atom stereocenters. The van der Waals surface area contributed by atoms with Gasteiger partial charge in [0, 0.05) is 24.7 Å². The van der Waals surface area contributed by atoms with Crippen molar-refractivity contribution in [3.63, 3.8) is 0 Å². The van der Waals surface area contributed by atoms with E-state index in [9.17, 15) is 4.79 Å². The summed E-state index contributed by atoms with van der Waals surface area (Å²) in [6.07, 6.45) is 1.45. The fraction of sp³-hybridized carbons (Fsp3) is 0.462. The molecule has 0 heterocycles. The van der Waals surface area contributed by atoms with Crippen LogP contribution in [0.1, 0.15) is 26.7 Å². The maximum absolute atomic E-state index is 11.4. The molecule has 1 aromatic carbocycles. The molecule has 0 aliphatic carbocycles. The number of nitrogens with two attached hydrogens (primary N) is 1. The fourth-order valence-electron chi connectivity index (χ4n) is 1.32. The Balaban J connectivity index is 2.62. The molecule has 0 spiro atoms. The molecule has 1 atom stereocenters. The van der Waals surface area contributed by atoms with E-state index in [4.69, 9.17) is 10.5 Å². The lowest BCUT2D eigenvalue weighted by Crippen LogP contribution is -2.16. The van der Waals surface area contributed by atoms with E-state index in [2.05, 4.69) is 12.2 Å². The number of nitrogens with one attached hydrogen (secondary N) is 1. The molecule has 0 saturated carbocycles. The number of carbonyl (C=O) groups is 1. The molecule has 0 aromatic heterocycles. The highest BCUT2D eigenvalue weighted by Gasteiger charge is 2.04. The Labute approximate surface area is 102 Å². The van der Waals surface area contributed by atoms with Crippen LogP contribution in [0.4, 0.5) is 5.69 Å². The highest BCUT2D eigenvalue weighted by Crippen LogP contribution is 2.19. The first-order valence-electron chi connectivity index (χ1n) is 5.92. The minimum Gasteiger partial charge on any atom is -0.491 e. The molecule has 4 heteroatoms. The van der Waals surface area contributed by atoms with Crippen LogP contribution in [0.2, 0.25) is 0 Å². The molecular formula is C13H20N2O2. The van der Waals surface area contributed by atoms with Crippen LogP contribution in [0.15, 0.2) is 24.3 Å². The Morgan fingerprint density at radius 3 is 2.94 bits per heavy atom. The molecule has 3 N–H and O–H groups in total. The summed E-state index contributed by atoms with van der Waals surface area (Å²) < 4.78 is 5.67. The molecule has 0 aliphatic heterocycles. The number of carbonyl (C=O) groups excluding carboxylic acids is 1. The first-order valence-corrected chi connectivity index (χ1v) is 5.92. The molecule has 17 heavy (non-hydrogen) atoms. The van der Waals surface area contributed by atoms with Crippen molar-refractivity contribution in [2.45, 2.75) is 32.8 Å². The van der Waals surface area contributed by atoms with Gasteiger partial charge in [-0.3, -0.25) is 4.79 Å². The van der Waals surface area contributed by atoms with Crippen molar-refractivity contribution in [2.75, 3.05) is 11.9 Å². The van der Waals surface area contributed by atoms with Gasteiger partial charge in [0.2, 0.25) is 5.91 Å². The predicted octanol–water partition coefficient (Wildman–Crippen LogP) is 2.15. The molecule has 0 aliphatic rings. The molecule has 1 amide bonds. The zero-order valence-corrected chi connectivity index (χ0v) is 10.4. The van der Waals surface area contributed by atoms with Crippen molar-refractivity contribution in [3.05, 3.63) is 24.3 Å². The zero-order chi connectivity index (χ0) is 12.7. The highest BCUT2D eigenvalue weighted by molar-refractivity contribution is 5.90. The fourth-order valence-corrected chi connectivity index (χ4v) is 1.32. The molecule has 4 nitrogen and oxygen atoms in total. The van der Waals surface area contributed by atoms with Crippen LogP contribution in [-0.2, 0) is 4.79 Å². The standard InChI is InChI=1S/C13H20N2O2/c1-3-10(2)17-12-6-4-5-11(9-12)15-13(16)7-8-14/h4-6,9-10H,3,7-8,14H2,1-2H3,(H,15,16). The molecule has 0 fully saturated rings. The van der Waals surface area contributed by atoms with E-state index >= 15 is 0 Å². The first kappa shape index (κ1) is 13.5. The Morgan fingerprint density at radius 1 is 1.53 bits per heavy atom. The van der Waals surface area contributed by atoms with Crippen LogP contribution >= 0.6 is 0 Å². The summed E-state index contributed by atoms with van der Waals surface area (Å²) >= 11 is 0. The minimum atomic E-state index is -0.0758. The lowest BCUT2D eigenvalue weighted by molar-refractivity contribution is -0.116. The van der Waals surface area contributed by atoms with Gasteiger partial charge in [-0.25, -0.2) is 0 Å². The normalized spacial score (nSPS) is 11.9. The van der Waals surface area contributed by atoms with E-state index in [0.29, 0.717) is 13.0 Å². The third kappa shape index (κ3) is 4.87. The number of anilines is 1. The van der Waals surface area contributed by atoms with E-state index in [0.717, 1.165) is 17.9 Å². The Bertz CT molecular complexity index is 366. The molecule has 1 aromatic rings. The summed E-state index contributed by atoms with van der Waals surface area (Å²) in [5.41, 5.74) is 6.05. The first-order chi connectivity index (χ1) is 8.15. The van der Waals surface area contributed by atoms with Crippen LogP contribution in [0.3, 0.4) is 0 Å². The van der Waals surface area contributed by atoms with Crippen molar-refractivity contribution >= 4 is 11.6 Å². The maximum Gasteiger partial charge on any atom is 0.225 e. The van der Waals surface area contributed by atoms with Crippen LogP contribution in [0, 0.1) is 0 Å². The van der Waals surface area contributed by atoms with Crippen molar-refractivity contribution in [3.8, 4) is 5.75 Å². The Morgan fingerprint density at radius 2 is 2.29 bits per heavy atom. The second kappa shape index (κ2) is 6.91. The second-order valence-electron chi connectivity index (χ2n) is 3.95. The van der Waals surface area contributed by atoms with Gasteiger partial charge in [0.25, 0.3) is 0 Å². The highest BCUT2D eigenvalue weighted by atomic mass is 16.5. The van der Waals surface area contributed by atoms with E-state index in [-0.39, 0.29) is 12.0 Å². The van der Waals surface area contributed by atoms with Crippen molar-refractivity contribution in [1.82, 2.24) is 0 Å². The summed E-state index contributed by atoms with van der Waals surface area (Å²) in [4.78, 5) is 11.4. The van der Waals surface area contributed by atoms with E-state index in [1.54, 1.807) is 0 Å². The van der Waals surface area contributed by atoms with Gasteiger partial charge in [-0.1, -0.05) is 13.0 Å². The van der Waals surface area contributed by atoms with E-state index in [1.807, 2.05) is 31.2 Å². The van der Waals surface area contributed by atoms with Crippen molar-refractivity contribution < 1.29 is 9.53 Å². The monoisotopic (exact) mass is 236 g/mol. The number of amides is 1. The van der Waals surface area contributed by atoms with Gasteiger partial charge in [0.05, 0.1) is 6.10 Å². The molecule has 94 valence electrons. The molecule has 1 rings (SSSR count). The van der Waals surface area contributed by atoms with E-state index in [1.165, 1.54) is 0 Å². The smallest absolute Gasteiger partial charge is 0.225 e. The molecule has 0 saturated heterocycles. The van der Waals surface area contributed by atoms with Crippen molar-refractivity contribution in [1.29, 1.82) is 0 Å². The van der Waals surface area contributed by atoms with Gasteiger partial charge >= 0.3 is 0 Å². The summed E-state index contributed by atoms with van der Waals surface area (Å²) in [7, 11) is 0. The number of hydrogen-bond donors (Lipinski definition) is 2. The summed E-state index contributed by atoms with van der Waals surface area (Å²) in [6.45, 7) is 4.44. The minimum absolute atomic E-state index is 0.0758. The SMILES string of the molecule is CCC(C)Oc1cccc(NC(=O)CCN)c1. The van der Waals surface area contributed by atoms with Gasteiger partial charge in [-0.2, -0.15) is 0 Å². The van der Waals surface area contributed by atoms with Gasteiger partial charge in [-0.15, -0.1) is 0 Å². The largest absolute Gasteiger partial charge is 0.491 e. The zero-order valence-electron chi connectivity index (χ0n) is 10.4. The number of rotatable bonds is 6. The number of benzene rings is 1. The molecule has 0 radical (unpaired) electrons. The summed E-state index contributed by atoms with van der Waals surface area (Å²) in [5, 5.41) is 2.78. The van der Waals surface area contributed by atoms with Crippen molar-refractivity contribution in [2.24, 2.45) is 5.73 Å². The number of hydrogen-bond acceptors (Lipinski definition) is 3. The van der Waals surface area contributed by atoms with Gasteiger partial charge in [0.15, 0.2) is 0 Å². The third-order valence-electron chi connectivity index (χ3n) is 2.40. The van der Waals surface area contributed by atoms with Crippen LogP contribution in [0.25, 0.3) is 0 Å². The van der Waals surface area contributed by atoms with E-state index < -0.39 is 0 Å². The van der Waals surface area contributed by atoms with Crippen LogP contribution in [0.5, 0.6) is 5.75 Å². The average molecular weight is 236 g/mol. The van der Waals surface area contributed by atoms with Crippen LogP contribution in [-0.4, -0.2) is 18.6 Å².